The van der Waals surface area contributed by atoms with Crippen LogP contribution in [0.5, 0.6) is 0 Å². The van der Waals surface area contributed by atoms with Gasteiger partial charge in [-0.2, -0.15) is 5.26 Å². The van der Waals surface area contributed by atoms with Crippen molar-refractivity contribution in [1.29, 1.82) is 5.26 Å². The molecule has 0 atom stereocenters. The molecule has 72 valence electrons. The van der Waals surface area contributed by atoms with E-state index in [1.807, 2.05) is 0 Å². The molecule has 0 fully saturated rings. The van der Waals surface area contributed by atoms with Crippen molar-refractivity contribution < 1.29 is 9.53 Å². The van der Waals surface area contributed by atoms with Crippen molar-refractivity contribution in [3.63, 3.8) is 0 Å². The second-order valence-electron chi connectivity index (χ2n) is 1.88. The first-order valence-electron chi connectivity index (χ1n) is 3.53. The zero-order chi connectivity index (χ0) is 10.3. The van der Waals surface area contributed by atoms with Crippen LogP contribution in [0.2, 0.25) is 0 Å². The lowest BCUT2D eigenvalue weighted by atomic mass is 10.3. The minimum absolute atomic E-state index is 0.100. The van der Waals surface area contributed by atoms with Crippen LogP contribution in [0.4, 0.5) is 0 Å². The van der Waals surface area contributed by atoms with Crippen LogP contribution >= 0.6 is 11.8 Å². The predicted molar refractivity (Wildman–Crippen MR) is 50.1 cm³/mol. The Morgan fingerprint density at radius 3 is 2.69 bits per heavy atom. The summed E-state index contributed by atoms with van der Waals surface area (Å²) in [6, 6.07) is 1.73. The van der Waals surface area contributed by atoms with E-state index in [-0.39, 0.29) is 12.2 Å². The highest BCUT2D eigenvalue weighted by Gasteiger charge is 2.15. The highest BCUT2D eigenvalue weighted by atomic mass is 32.2. The Hall–Kier alpha value is -1.19. The van der Waals surface area contributed by atoms with Crippen LogP contribution in [-0.4, -0.2) is 18.8 Å². The summed E-state index contributed by atoms with van der Waals surface area (Å²) in [5.41, 5.74) is 2.16. The van der Waals surface area contributed by atoms with Gasteiger partial charge in [-0.3, -0.25) is 0 Å². The molecule has 0 bridgehead atoms. The molecular weight excluding hydrogens is 190 g/mol. The molecule has 0 spiro atoms. The SMILES string of the molecule is CCOC(=O)/C(C#N)=C(/NN)SC. The quantitative estimate of drug-likeness (QED) is 0.221. The molecule has 0 amide bonds. The second-order valence-corrected chi connectivity index (χ2v) is 2.70. The fourth-order valence-corrected chi connectivity index (χ4v) is 1.08. The van der Waals surface area contributed by atoms with Gasteiger partial charge >= 0.3 is 5.97 Å². The number of hydrogen-bond acceptors (Lipinski definition) is 6. The van der Waals surface area contributed by atoms with Gasteiger partial charge in [0.2, 0.25) is 0 Å². The Morgan fingerprint density at radius 2 is 2.38 bits per heavy atom. The van der Waals surface area contributed by atoms with Gasteiger partial charge in [0.25, 0.3) is 0 Å². The maximum absolute atomic E-state index is 11.1. The molecule has 0 aliphatic carbocycles. The lowest BCUT2D eigenvalue weighted by Gasteiger charge is -2.05. The van der Waals surface area contributed by atoms with Gasteiger partial charge in [0.05, 0.1) is 6.61 Å². The minimum Gasteiger partial charge on any atom is -0.462 e. The van der Waals surface area contributed by atoms with E-state index in [9.17, 15) is 4.79 Å². The third-order valence-electron chi connectivity index (χ3n) is 1.15. The summed E-state index contributed by atoms with van der Waals surface area (Å²) in [5, 5.41) is 8.94. The van der Waals surface area contributed by atoms with Crippen molar-refractivity contribution in [2.75, 3.05) is 12.9 Å². The minimum atomic E-state index is -0.660. The van der Waals surface area contributed by atoms with Crippen molar-refractivity contribution in [2.24, 2.45) is 5.84 Å². The molecule has 0 aliphatic rings. The van der Waals surface area contributed by atoms with Crippen LogP contribution in [-0.2, 0) is 9.53 Å². The standard InChI is InChI=1S/C7H11N3O2S/c1-3-12-7(11)5(4-8)6(10-9)13-2/h10H,3,9H2,1-2H3/b6-5-. The van der Waals surface area contributed by atoms with E-state index >= 15 is 0 Å². The highest BCUT2D eigenvalue weighted by molar-refractivity contribution is 8.02. The average Bonchev–Trinajstić information content (AvgIpc) is 2.14. The van der Waals surface area contributed by atoms with Crippen LogP contribution < -0.4 is 11.3 Å². The van der Waals surface area contributed by atoms with Gasteiger partial charge in [-0.25, -0.2) is 10.6 Å². The number of nitriles is 1. The Labute approximate surface area is 80.9 Å². The summed E-state index contributed by atoms with van der Waals surface area (Å²) < 4.78 is 4.65. The first kappa shape index (κ1) is 11.8. The summed E-state index contributed by atoms with van der Waals surface area (Å²) in [5.74, 6) is 4.45. The van der Waals surface area contributed by atoms with Crippen molar-refractivity contribution in [3.05, 3.63) is 10.6 Å². The van der Waals surface area contributed by atoms with Crippen LogP contribution in [0.25, 0.3) is 0 Å². The number of hydrazine groups is 1. The van der Waals surface area contributed by atoms with Crippen molar-refractivity contribution >= 4 is 17.7 Å². The second kappa shape index (κ2) is 6.34. The molecule has 6 heteroatoms. The predicted octanol–water partition coefficient (Wildman–Crippen LogP) is 0.111. The first-order valence-corrected chi connectivity index (χ1v) is 4.75. The lowest BCUT2D eigenvalue weighted by molar-refractivity contribution is -0.138. The Kier molecular flexibility index (Phi) is 5.76. The number of nitrogens with one attached hydrogen (secondary N) is 1. The molecule has 0 saturated carbocycles. The largest absolute Gasteiger partial charge is 0.462 e. The molecule has 0 saturated heterocycles. The number of nitrogens with two attached hydrogens (primary N) is 1. The number of carbonyl (C=O) groups excluding carboxylic acids is 1. The third-order valence-corrected chi connectivity index (χ3v) is 1.88. The molecule has 0 aromatic rings. The number of carbonyl (C=O) groups is 1. The van der Waals surface area contributed by atoms with Crippen LogP contribution in [0.1, 0.15) is 6.92 Å². The van der Waals surface area contributed by atoms with Crippen molar-refractivity contribution in [1.82, 2.24) is 5.43 Å². The maximum Gasteiger partial charge on any atom is 0.351 e. The molecule has 0 aromatic heterocycles. The fraction of sp³-hybridized carbons (Fsp3) is 0.429. The first-order chi connectivity index (χ1) is 6.21. The molecule has 0 unspecified atom stereocenters. The Balaban J connectivity index is 4.77. The normalized spacial score (nSPS) is 11.2. The number of rotatable bonds is 4. The smallest absolute Gasteiger partial charge is 0.351 e. The van der Waals surface area contributed by atoms with E-state index < -0.39 is 5.97 Å². The van der Waals surface area contributed by atoms with Gasteiger partial charge in [-0.05, 0) is 13.2 Å². The van der Waals surface area contributed by atoms with E-state index in [1.165, 1.54) is 11.8 Å². The topological polar surface area (TPSA) is 88.1 Å². The highest BCUT2D eigenvalue weighted by Crippen LogP contribution is 2.13. The zero-order valence-electron chi connectivity index (χ0n) is 7.46. The molecule has 0 aromatic carbocycles. The van der Waals surface area contributed by atoms with Gasteiger partial charge in [-0.15, -0.1) is 11.8 Å². The average molecular weight is 201 g/mol. The molecule has 0 radical (unpaired) electrons. The summed E-state index contributed by atoms with van der Waals surface area (Å²) in [4.78, 5) is 11.1. The molecule has 13 heavy (non-hydrogen) atoms. The van der Waals surface area contributed by atoms with Crippen molar-refractivity contribution in [3.8, 4) is 6.07 Å². The Bertz CT molecular complexity index is 251. The molecule has 5 nitrogen and oxygen atoms in total. The monoisotopic (exact) mass is 201 g/mol. The van der Waals surface area contributed by atoms with Gasteiger partial charge in [0.1, 0.15) is 11.1 Å². The van der Waals surface area contributed by atoms with Gasteiger partial charge < -0.3 is 10.2 Å². The van der Waals surface area contributed by atoms with E-state index in [0.29, 0.717) is 5.03 Å². The Morgan fingerprint density at radius 1 is 1.77 bits per heavy atom. The van der Waals surface area contributed by atoms with Crippen LogP contribution in [0, 0.1) is 11.3 Å². The number of nitrogens with zero attached hydrogens (tertiary/aromatic N) is 1. The van der Waals surface area contributed by atoms with Crippen LogP contribution in [0.15, 0.2) is 10.6 Å². The van der Waals surface area contributed by atoms with Gasteiger partial charge in [0.15, 0.2) is 5.57 Å². The molecule has 0 aliphatic heterocycles. The molecule has 3 N–H and O–H groups in total. The van der Waals surface area contributed by atoms with Gasteiger partial charge in [0, 0.05) is 0 Å². The summed E-state index contributed by atoms with van der Waals surface area (Å²) in [6.45, 7) is 1.90. The summed E-state index contributed by atoms with van der Waals surface area (Å²) >= 11 is 1.18. The van der Waals surface area contributed by atoms with E-state index in [2.05, 4.69) is 10.2 Å². The van der Waals surface area contributed by atoms with E-state index in [1.54, 1.807) is 19.2 Å². The maximum atomic E-state index is 11.1. The van der Waals surface area contributed by atoms with Crippen molar-refractivity contribution in [2.45, 2.75) is 6.92 Å². The molecular formula is C7H11N3O2S. The molecule has 0 heterocycles. The number of thioether (sulfide) groups is 1. The summed E-state index contributed by atoms with van der Waals surface area (Å²) in [6.07, 6.45) is 1.70. The zero-order valence-corrected chi connectivity index (χ0v) is 8.27. The van der Waals surface area contributed by atoms with E-state index in [4.69, 9.17) is 11.1 Å². The third kappa shape index (κ3) is 3.36. The van der Waals surface area contributed by atoms with Gasteiger partial charge in [-0.1, -0.05) is 0 Å². The number of esters is 1. The summed E-state index contributed by atoms with van der Waals surface area (Å²) in [7, 11) is 0. The number of ether oxygens (including phenoxy) is 1. The fourth-order valence-electron chi connectivity index (χ4n) is 0.626. The number of hydrogen-bond donors (Lipinski definition) is 2. The van der Waals surface area contributed by atoms with E-state index in [0.717, 1.165) is 0 Å². The molecule has 0 rings (SSSR count). The van der Waals surface area contributed by atoms with Crippen LogP contribution in [0.3, 0.4) is 0 Å². The lowest BCUT2D eigenvalue weighted by Crippen LogP contribution is -2.23.